The number of rotatable bonds is 11. The lowest BCUT2D eigenvalue weighted by atomic mass is 9.62. The highest BCUT2D eigenvalue weighted by molar-refractivity contribution is 6.02. The number of benzene rings is 1. The SMILES string of the molecule is CCC(C)(C)CC(C)(C)C(=O)NC(C)(C)CC(C)(C)c1ccc(C(C)(C)C(C)(C)C(=O)N2CCC2=O)cc1. The molecule has 0 bridgehead atoms. The van der Waals surface area contributed by atoms with E-state index in [1.807, 2.05) is 27.7 Å². The molecule has 5 heteroatoms. The molecule has 0 aromatic heterocycles. The summed E-state index contributed by atoms with van der Waals surface area (Å²) >= 11 is 0. The number of hydrogen-bond acceptors (Lipinski definition) is 3. The van der Waals surface area contributed by atoms with Crippen molar-refractivity contribution in [1.82, 2.24) is 10.2 Å². The van der Waals surface area contributed by atoms with Gasteiger partial charge in [0.05, 0.1) is 5.41 Å². The van der Waals surface area contributed by atoms with Crippen molar-refractivity contribution < 1.29 is 14.4 Å². The maximum absolute atomic E-state index is 13.3. The smallest absolute Gasteiger partial charge is 0.235 e. The van der Waals surface area contributed by atoms with Crippen molar-refractivity contribution in [1.29, 1.82) is 0 Å². The van der Waals surface area contributed by atoms with Gasteiger partial charge in [0, 0.05) is 29.3 Å². The summed E-state index contributed by atoms with van der Waals surface area (Å²) in [5, 5.41) is 3.35. The summed E-state index contributed by atoms with van der Waals surface area (Å²) < 4.78 is 0. The number of hydrogen-bond donors (Lipinski definition) is 1. The third-order valence-corrected chi connectivity index (χ3v) is 9.41. The van der Waals surface area contributed by atoms with Crippen LogP contribution in [0.15, 0.2) is 24.3 Å². The molecule has 1 N–H and O–H groups in total. The Morgan fingerprint density at radius 3 is 1.74 bits per heavy atom. The van der Waals surface area contributed by atoms with E-state index in [9.17, 15) is 14.4 Å². The number of amides is 3. The van der Waals surface area contributed by atoms with Crippen LogP contribution >= 0.6 is 0 Å². The molecule has 0 unspecified atom stereocenters. The molecule has 214 valence electrons. The molecule has 38 heavy (non-hydrogen) atoms. The molecule has 0 saturated carbocycles. The first-order valence-electron chi connectivity index (χ1n) is 14.3. The van der Waals surface area contributed by atoms with Gasteiger partial charge in [0.1, 0.15) is 0 Å². The Bertz CT molecular complexity index is 1040. The summed E-state index contributed by atoms with van der Waals surface area (Å²) in [7, 11) is 0. The van der Waals surface area contributed by atoms with Crippen LogP contribution in [0, 0.1) is 16.2 Å². The Balaban J connectivity index is 2.19. The van der Waals surface area contributed by atoms with Crippen molar-refractivity contribution in [2.75, 3.05) is 6.54 Å². The van der Waals surface area contributed by atoms with Crippen LogP contribution in [0.4, 0.5) is 0 Å². The predicted octanol–water partition coefficient (Wildman–Crippen LogP) is 7.16. The van der Waals surface area contributed by atoms with Gasteiger partial charge in [-0.1, -0.05) is 107 Å². The fourth-order valence-corrected chi connectivity index (χ4v) is 5.96. The van der Waals surface area contributed by atoms with Crippen LogP contribution in [0.3, 0.4) is 0 Å². The van der Waals surface area contributed by atoms with Crippen LogP contribution in [-0.4, -0.2) is 34.7 Å². The maximum atomic E-state index is 13.3. The summed E-state index contributed by atoms with van der Waals surface area (Å²) in [6, 6.07) is 8.53. The highest BCUT2D eigenvalue weighted by atomic mass is 16.2. The van der Waals surface area contributed by atoms with E-state index < -0.39 is 16.2 Å². The van der Waals surface area contributed by atoms with Crippen LogP contribution in [0.1, 0.15) is 127 Å². The summed E-state index contributed by atoms with van der Waals surface area (Å²) in [6.07, 6.45) is 3.11. The molecule has 5 nitrogen and oxygen atoms in total. The minimum absolute atomic E-state index is 0.0804. The molecule has 0 radical (unpaired) electrons. The Hall–Kier alpha value is -2.17. The van der Waals surface area contributed by atoms with Crippen molar-refractivity contribution in [2.45, 2.75) is 132 Å². The zero-order valence-corrected chi connectivity index (χ0v) is 26.5. The number of carbonyl (C=O) groups is 3. The lowest BCUT2D eigenvalue weighted by molar-refractivity contribution is -0.160. The van der Waals surface area contributed by atoms with Gasteiger partial charge in [-0.3, -0.25) is 19.3 Å². The average Bonchev–Trinajstić information content (AvgIpc) is 2.76. The molecule has 1 fully saturated rings. The Morgan fingerprint density at radius 1 is 0.816 bits per heavy atom. The van der Waals surface area contributed by atoms with Crippen LogP contribution in [0.2, 0.25) is 0 Å². The quantitative estimate of drug-likeness (QED) is 0.311. The number of likely N-dealkylation sites (tertiary alicyclic amines) is 1. The molecule has 0 aliphatic carbocycles. The molecule has 1 saturated heterocycles. The predicted molar refractivity (Wildman–Crippen MR) is 157 cm³/mol. The van der Waals surface area contributed by atoms with Gasteiger partial charge < -0.3 is 5.32 Å². The van der Waals surface area contributed by atoms with Gasteiger partial charge in [-0.25, -0.2) is 0 Å². The molecule has 1 aromatic carbocycles. The van der Waals surface area contributed by atoms with Crippen molar-refractivity contribution >= 4 is 17.7 Å². The first-order valence-corrected chi connectivity index (χ1v) is 14.3. The molecule has 2 rings (SSSR count). The third-order valence-electron chi connectivity index (χ3n) is 9.41. The van der Waals surface area contributed by atoms with Crippen molar-refractivity contribution in [3.63, 3.8) is 0 Å². The van der Waals surface area contributed by atoms with E-state index in [2.05, 4.69) is 91.9 Å². The Labute approximate surface area is 232 Å². The molecule has 1 heterocycles. The van der Waals surface area contributed by atoms with Gasteiger partial charge in [0.15, 0.2) is 0 Å². The van der Waals surface area contributed by atoms with Crippen LogP contribution in [-0.2, 0) is 25.2 Å². The minimum Gasteiger partial charge on any atom is -0.351 e. The summed E-state index contributed by atoms with van der Waals surface area (Å²) in [5.74, 6) is -0.0847. The molecular formula is C33H54N2O3. The van der Waals surface area contributed by atoms with Gasteiger partial charge >= 0.3 is 0 Å². The molecule has 1 aliphatic rings. The molecule has 0 spiro atoms. The Morgan fingerprint density at radius 2 is 1.32 bits per heavy atom. The van der Waals surface area contributed by atoms with E-state index in [1.165, 1.54) is 10.5 Å². The highest BCUT2D eigenvalue weighted by Crippen LogP contribution is 2.44. The third kappa shape index (κ3) is 6.69. The Kier molecular flexibility index (Phi) is 8.79. The van der Waals surface area contributed by atoms with Gasteiger partial charge in [0.25, 0.3) is 0 Å². The van der Waals surface area contributed by atoms with Gasteiger partial charge in [0.2, 0.25) is 17.7 Å². The zero-order valence-electron chi connectivity index (χ0n) is 26.5. The van der Waals surface area contributed by atoms with Crippen molar-refractivity contribution in [3.8, 4) is 0 Å². The van der Waals surface area contributed by atoms with Crippen LogP contribution < -0.4 is 5.32 Å². The first kappa shape index (κ1) is 32.0. The molecule has 3 amide bonds. The standard InChI is InChI=1S/C33H54N2O3/c1-14-28(2,3)21-30(6,7)26(37)34-31(8,9)22-29(4,5)23-15-17-24(18-16-23)32(10,11)33(12,13)27(38)35-20-19-25(35)36/h15-18H,14,19-22H2,1-13H3,(H,34,37). The number of β-lactam (4-membered cyclic amide) rings is 1. The molecule has 1 aliphatic heterocycles. The lowest BCUT2D eigenvalue weighted by Gasteiger charge is -2.45. The van der Waals surface area contributed by atoms with Crippen LogP contribution in [0.25, 0.3) is 0 Å². The first-order chi connectivity index (χ1) is 17.0. The van der Waals surface area contributed by atoms with Gasteiger partial charge in [-0.2, -0.15) is 0 Å². The topological polar surface area (TPSA) is 66.5 Å². The second kappa shape index (κ2) is 10.4. The van der Waals surface area contributed by atoms with E-state index in [4.69, 9.17) is 0 Å². The van der Waals surface area contributed by atoms with Crippen molar-refractivity contribution in [2.24, 2.45) is 16.2 Å². The highest BCUT2D eigenvalue weighted by Gasteiger charge is 2.49. The molecule has 0 atom stereocenters. The van der Waals surface area contributed by atoms with E-state index in [0.29, 0.717) is 13.0 Å². The fourth-order valence-electron chi connectivity index (χ4n) is 5.96. The van der Waals surface area contributed by atoms with E-state index in [-0.39, 0.29) is 34.1 Å². The van der Waals surface area contributed by atoms with Crippen LogP contribution in [0.5, 0.6) is 0 Å². The normalized spacial score (nSPS) is 15.8. The second-order valence-electron chi connectivity index (χ2n) is 15.4. The summed E-state index contributed by atoms with van der Waals surface area (Å²) in [6.45, 7) is 27.9. The largest absolute Gasteiger partial charge is 0.351 e. The number of nitrogens with zero attached hydrogens (tertiary/aromatic N) is 1. The molecular weight excluding hydrogens is 472 g/mol. The number of imide groups is 1. The summed E-state index contributed by atoms with van der Waals surface area (Å²) in [5.41, 5.74) is 0.164. The van der Waals surface area contributed by atoms with Gasteiger partial charge in [-0.15, -0.1) is 0 Å². The van der Waals surface area contributed by atoms with Crippen molar-refractivity contribution in [3.05, 3.63) is 35.4 Å². The number of carbonyl (C=O) groups excluding carboxylic acids is 3. The van der Waals surface area contributed by atoms with E-state index >= 15 is 0 Å². The van der Waals surface area contributed by atoms with E-state index in [1.54, 1.807) is 0 Å². The lowest BCUT2D eigenvalue weighted by Crippen LogP contribution is -2.57. The molecule has 1 aromatic rings. The van der Waals surface area contributed by atoms with E-state index in [0.717, 1.165) is 24.8 Å². The number of nitrogens with one attached hydrogen (secondary N) is 1. The maximum Gasteiger partial charge on any atom is 0.235 e. The second-order valence-corrected chi connectivity index (χ2v) is 15.4. The fraction of sp³-hybridized carbons (Fsp3) is 0.727. The monoisotopic (exact) mass is 526 g/mol. The zero-order chi connectivity index (χ0) is 29.5. The minimum atomic E-state index is -0.731. The van der Waals surface area contributed by atoms with Gasteiger partial charge in [-0.05, 0) is 48.6 Å². The summed E-state index contributed by atoms with van der Waals surface area (Å²) in [4.78, 5) is 39.8. The average molecular weight is 527 g/mol.